The van der Waals surface area contributed by atoms with Gasteiger partial charge in [-0.3, -0.25) is 0 Å². The first kappa shape index (κ1) is 16.7. The minimum atomic E-state index is -3.56. The van der Waals surface area contributed by atoms with Crippen molar-refractivity contribution in [3.8, 4) is 0 Å². The quantitative estimate of drug-likeness (QED) is 0.800. The number of nitrogens with zero attached hydrogens (tertiary/aromatic N) is 2. The number of sulfonamides is 1. The van der Waals surface area contributed by atoms with E-state index in [1.165, 1.54) is 10.4 Å². The highest BCUT2D eigenvalue weighted by atomic mass is 79.9. The predicted molar refractivity (Wildman–Crippen MR) is 88.6 cm³/mol. The Bertz CT molecular complexity index is 627. The summed E-state index contributed by atoms with van der Waals surface area (Å²) in [5.74, 6) is 0. The summed E-state index contributed by atoms with van der Waals surface area (Å²) < 4.78 is 27.5. The Morgan fingerprint density at radius 3 is 2.38 bits per heavy atom. The van der Waals surface area contributed by atoms with Gasteiger partial charge in [-0.05, 0) is 67.5 Å². The fourth-order valence-electron chi connectivity index (χ4n) is 2.72. The lowest BCUT2D eigenvalue weighted by molar-refractivity contribution is 0.0455. The number of likely N-dealkylation sites (N-methyl/N-ethyl adjacent to an activating group) is 2. The molecule has 0 radical (unpaired) electrons. The van der Waals surface area contributed by atoms with Crippen LogP contribution in [-0.2, 0) is 10.0 Å². The minimum Gasteiger partial charge on any atom is -0.399 e. The lowest BCUT2D eigenvalue weighted by Crippen LogP contribution is -2.57. The lowest BCUT2D eigenvalue weighted by atomic mass is 9.75. The molecule has 1 aliphatic rings. The molecule has 1 fully saturated rings. The SMILES string of the molecule is CN(C)C1(CN(C)S(=O)(=O)c2cc(N)ccc2Br)CCC1. The standard InChI is InChI=1S/C14H22BrN3O2S/c1-17(2)14(7-4-8-14)10-18(3)21(19,20)13-9-11(16)5-6-12(13)15/h5-6,9H,4,7-8,10,16H2,1-3H3. The normalized spacial score (nSPS) is 18.0. The molecule has 1 saturated carbocycles. The maximum absolute atomic E-state index is 12.8. The Balaban J connectivity index is 2.29. The Hall–Kier alpha value is -0.630. The van der Waals surface area contributed by atoms with Gasteiger partial charge in [0.25, 0.3) is 0 Å². The molecule has 2 N–H and O–H groups in total. The van der Waals surface area contributed by atoms with E-state index in [1.807, 2.05) is 14.1 Å². The van der Waals surface area contributed by atoms with Crippen molar-refractivity contribution in [2.24, 2.45) is 0 Å². The van der Waals surface area contributed by atoms with Crippen LogP contribution in [-0.4, -0.2) is 50.8 Å². The van der Waals surface area contributed by atoms with E-state index in [9.17, 15) is 8.42 Å². The molecule has 0 saturated heterocycles. The number of hydrogen-bond acceptors (Lipinski definition) is 4. The third-order valence-corrected chi connectivity index (χ3v) is 7.19. The number of nitrogens with two attached hydrogens (primary N) is 1. The highest BCUT2D eigenvalue weighted by Gasteiger charge is 2.42. The van der Waals surface area contributed by atoms with Gasteiger partial charge < -0.3 is 10.6 Å². The zero-order valence-corrected chi connectivity index (χ0v) is 15.0. The van der Waals surface area contributed by atoms with Gasteiger partial charge in [-0.15, -0.1) is 0 Å². The average Bonchev–Trinajstić information content (AvgIpc) is 2.35. The molecule has 1 aliphatic carbocycles. The molecular formula is C14H22BrN3O2S. The van der Waals surface area contributed by atoms with Gasteiger partial charge in [-0.25, -0.2) is 8.42 Å². The van der Waals surface area contributed by atoms with E-state index in [0.717, 1.165) is 19.3 Å². The molecule has 21 heavy (non-hydrogen) atoms. The van der Waals surface area contributed by atoms with Crippen molar-refractivity contribution in [2.45, 2.75) is 29.7 Å². The molecule has 1 aromatic rings. The van der Waals surface area contributed by atoms with Crippen LogP contribution in [0.2, 0.25) is 0 Å². The lowest BCUT2D eigenvalue weighted by Gasteiger charge is -2.49. The van der Waals surface area contributed by atoms with E-state index in [0.29, 0.717) is 16.7 Å². The van der Waals surface area contributed by atoms with Crippen molar-refractivity contribution in [3.63, 3.8) is 0 Å². The van der Waals surface area contributed by atoms with E-state index in [2.05, 4.69) is 20.8 Å². The number of benzene rings is 1. The summed E-state index contributed by atoms with van der Waals surface area (Å²) in [6, 6.07) is 4.84. The summed E-state index contributed by atoms with van der Waals surface area (Å²) in [4.78, 5) is 2.36. The van der Waals surface area contributed by atoms with Crippen molar-refractivity contribution in [3.05, 3.63) is 22.7 Å². The number of rotatable bonds is 5. The molecular weight excluding hydrogens is 354 g/mol. The van der Waals surface area contributed by atoms with Gasteiger partial charge in [-0.2, -0.15) is 4.31 Å². The topological polar surface area (TPSA) is 66.6 Å². The predicted octanol–water partition coefficient (Wildman–Crippen LogP) is 2.14. The molecule has 0 amide bonds. The number of hydrogen-bond donors (Lipinski definition) is 1. The van der Waals surface area contributed by atoms with Gasteiger partial charge in [-0.1, -0.05) is 0 Å². The summed E-state index contributed by atoms with van der Waals surface area (Å²) in [5, 5.41) is 0. The van der Waals surface area contributed by atoms with E-state index in [1.54, 1.807) is 19.2 Å². The Morgan fingerprint density at radius 2 is 1.90 bits per heavy atom. The molecule has 0 bridgehead atoms. The summed E-state index contributed by atoms with van der Waals surface area (Å²) in [5.41, 5.74) is 6.12. The van der Waals surface area contributed by atoms with Gasteiger partial charge in [0.1, 0.15) is 0 Å². The largest absolute Gasteiger partial charge is 0.399 e. The van der Waals surface area contributed by atoms with Crippen LogP contribution in [0.1, 0.15) is 19.3 Å². The van der Waals surface area contributed by atoms with E-state index >= 15 is 0 Å². The van der Waals surface area contributed by atoms with Crippen LogP contribution in [0.5, 0.6) is 0 Å². The number of anilines is 1. The molecule has 7 heteroatoms. The first-order valence-electron chi connectivity index (χ1n) is 6.88. The summed E-state index contributed by atoms with van der Waals surface area (Å²) in [6.07, 6.45) is 3.20. The van der Waals surface area contributed by atoms with Crippen LogP contribution in [0.25, 0.3) is 0 Å². The second-order valence-corrected chi connectivity index (χ2v) is 8.79. The van der Waals surface area contributed by atoms with Crippen LogP contribution in [0.4, 0.5) is 5.69 Å². The summed E-state index contributed by atoms with van der Waals surface area (Å²) in [6.45, 7) is 0.490. The minimum absolute atomic E-state index is 0.0470. The summed E-state index contributed by atoms with van der Waals surface area (Å²) >= 11 is 3.30. The third-order valence-electron chi connectivity index (χ3n) is 4.39. The fourth-order valence-corrected chi connectivity index (χ4v) is 4.92. The van der Waals surface area contributed by atoms with Crippen molar-refractivity contribution in [1.29, 1.82) is 0 Å². The van der Waals surface area contributed by atoms with E-state index in [-0.39, 0.29) is 10.4 Å². The van der Waals surface area contributed by atoms with E-state index in [4.69, 9.17) is 5.73 Å². The molecule has 0 unspecified atom stereocenters. The molecule has 0 heterocycles. The summed E-state index contributed by atoms with van der Waals surface area (Å²) in [7, 11) is 2.10. The molecule has 0 aromatic heterocycles. The Morgan fingerprint density at radius 1 is 1.29 bits per heavy atom. The van der Waals surface area contributed by atoms with Crippen LogP contribution in [0.15, 0.2) is 27.6 Å². The van der Waals surface area contributed by atoms with Crippen molar-refractivity contribution in [1.82, 2.24) is 9.21 Å². The number of nitrogen functional groups attached to an aromatic ring is 1. The fraction of sp³-hybridized carbons (Fsp3) is 0.571. The van der Waals surface area contributed by atoms with Gasteiger partial charge in [0, 0.05) is 29.3 Å². The van der Waals surface area contributed by atoms with Gasteiger partial charge >= 0.3 is 0 Å². The van der Waals surface area contributed by atoms with Crippen LogP contribution in [0, 0.1) is 0 Å². The molecule has 0 aliphatic heterocycles. The molecule has 0 atom stereocenters. The van der Waals surface area contributed by atoms with Gasteiger partial charge in [0.2, 0.25) is 10.0 Å². The molecule has 2 rings (SSSR count). The highest BCUT2D eigenvalue weighted by Crippen LogP contribution is 2.38. The van der Waals surface area contributed by atoms with Gasteiger partial charge in [0.15, 0.2) is 0 Å². The van der Waals surface area contributed by atoms with Gasteiger partial charge in [0.05, 0.1) is 4.90 Å². The smallest absolute Gasteiger partial charge is 0.244 e. The second kappa shape index (κ2) is 5.87. The van der Waals surface area contributed by atoms with Crippen molar-refractivity contribution < 1.29 is 8.42 Å². The highest BCUT2D eigenvalue weighted by molar-refractivity contribution is 9.10. The maximum atomic E-state index is 12.8. The molecule has 118 valence electrons. The first-order valence-corrected chi connectivity index (χ1v) is 9.11. The van der Waals surface area contributed by atoms with Crippen LogP contribution >= 0.6 is 15.9 Å². The Labute approximate surface area is 135 Å². The number of halogens is 1. The first-order chi connectivity index (χ1) is 9.69. The zero-order valence-electron chi connectivity index (χ0n) is 12.6. The van der Waals surface area contributed by atoms with Crippen molar-refractivity contribution in [2.75, 3.05) is 33.4 Å². The molecule has 5 nitrogen and oxygen atoms in total. The average molecular weight is 376 g/mol. The van der Waals surface area contributed by atoms with Crippen LogP contribution in [0.3, 0.4) is 0 Å². The molecule has 0 spiro atoms. The molecule has 1 aromatic carbocycles. The zero-order chi connectivity index (χ0) is 15.8. The third kappa shape index (κ3) is 3.11. The second-order valence-electron chi connectivity index (χ2n) is 5.92. The Kier molecular flexibility index (Phi) is 4.68. The van der Waals surface area contributed by atoms with Crippen LogP contribution < -0.4 is 5.73 Å². The van der Waals surface area contributed by atoms with Crippen molar-refractivity contribution >= 4 is 31.6 Å². The maximum Gasteiger partial charge on any atom is 0.244 e. The van der Waals surface area contributed by atoms with E-state index < -0.39 is 10.0 Å². The monoisotopic (exact) mass is 375 g/mol.